The first-order valence-corrected chi connectivity index (χ1v) is 6.85. The van der Waals surface area contributed by atoms with Gasteiger partial charge in [-0.3, -0.25) is 9.82 Å². The van der Waals surface area contributed by atoms with Crippen molar-refractivity contribution in [1.82, 2.24) is 10.2 Å². The van der Waals surface area contributed by atoms with E-state index >= 15 is 0 Å². The third-order valence-electron chi connectivity index (χ3n) is 2.47. The zero-order valence-corrected chi connectivity index (χ0v) is 10.9. The normalized spacial score (nSPS) is 11.3. The first kappa shape index (κ1) is 13.4. The Kier molecular flexibility index (Phi) is 3.72. The number of hydrogen-bond acceptors (Lipinski definition) is 5. The average Bonchev–Trinajstić information content (AvgIpc) is 2.88. The lowest BCUT2D eigenvalue weighted by Gasteiger charge is -2.11. The van der Waals surface area contributed by atoms with E-state index in [0.717, 1.165) is 0 Å². The minimum atomic E-state index is -3.85. The van der Waals surface area contributed by atoms with Gasteiger partial charge in [0, 0.05) is 5.56 Å². The molecule has 0 saturated carbocycles. The fourth-order valence-corrected chi connectivity index (χ4v) is 2.76. The van der Waals surface area contributed by atoms with Crippen LogP contribution in [-0.2, 0) is 16.6 Å². The molecule has 7 nitrogen and oxygen atoms in total. The number of aliphatic hydroxyl groups is 1. The summed E-state index contributed by atoms with van der Waals surface area (Å²) in [4.78, 5) is 0. The molecule has 2 aromatic rings. The van der Waals surface area contributed by atoms with Gasteiger partial charge in [-0.25, -0.2) is 0 Å². The summed E-state index contributed by atoms with van der Waals surface area (Å²) in [7, 11) is -2.41. The summed E-state index contributed by atoms with van der Waals surface area (Å²) in [5.41, 5.74) is 0.505. The summed E-state index contributed by atoms with van der Waals surface area (Å²) in [5.74, 6) is 0.399. The van der Waals surface area contributed by atoms with E-state index in [2.05, 4.69) is 14.9 Å². The van der Waals surface area contributed by atoms with Crippen molar-refractivity contribution in [2.75, 3.05) is 11.8 Å². The number of methoxy groups -OCH3 is 1. The number of ether oxygens (including phenoxy) is 1. The highest BCUT2D eigenvalue weighted by atomic mass is 32.2. The topological polar surface area (TPSA) is 104 Å². The molecule has 0 aliphatic rings. The van der Waals surface area contributed by atoms with Crippen LogP contribution in [0.5, 0.6) is 5.75 Å². The maximum atomic E-state index is 12.2. The minimum absolute atomic E-state index is 0.166. The minimum Gasteiger partial charge on any atom is -0.495 e. The van der Waals surface area contributed by atoms with Crippen LogP contribution in [0.2, 0.25) is 0 Å². The molecule has 0 fully saturated rings. The Morgan fingerprint density at radius 3 is 2.84 bits per heavy atom. The lowest BCUT2D eigenvalue weighted by Crippen LogP contribution is -2.15. The zero-order valence-electron chi connectivity index (χ0n) is 10.1. The van der Waals surface area contributed by atoms with Gasteiger partial charge in [0.15, 0.2) is 5.03 Å². The monoisotopic (exact) mass is 283 g/mol. The molecule has 1 aromatic heterocycles. The molecular formula is C11H13N3O4S. The molecule has 0 unspecified atom stereocenters. The Hall–Kier alpha value is -2.06. The number of nitrogens with zero attached hydrogens (tertiary/aromatic N) is 1. The van der Waals surface area contributed by atoms with Gasteiger partial charge in [-0.2, -0.15) is 13.5 Å². The Labute approximate surface area is 110 Å². The van der Waals surface area contributed by atoms with Gasteiger partial charge in [0.1, 0.15) is 5.75 Å². The second kappa shape index (κ2) is 5.29. The van der Waals surface area contributed by atoms with Crippen LogP contribution in [0, 0.1) is 0 Å². The number of H-pyrrole nitrogens is 1. The quantitative estimate of drug-likeness (QED) is 0.749. The van der Waals surface area contributed by atoms with E-state index in [0.29, 0.717) is 11.4 Å². The van der Waals surface area contributed by atoms with Gasteiger partial charge >= 0.3 is 0 Å². The average molecular weight is 283 g/mol. The lowest BCUT2D eigenvalue weighted by molar-refractivity contribution is 0.278. The summed E-state index contributed by atoms with van der Waals surface area (Å²) in [6, 6.07) is 6.62. The number of nitrogens with one attached hydrogen (secondary N) is 2. The lowest BCUT2D eigenvalue weighted by atomic mass is 10.3. The number of anilines is 1. The smallest absolute Gasteiger partial charge is 0.279 e. The van der Waals surface area contributed by atoms with Crippen LogP contribution in [0.15, 0.2) is 35.5 Å². The van der Waals surface area contributed by atoms with Gasteiger partial charge in [0.2, 0.25) is 0 Å². The summed E-state index contributed by atoms with van der Waals surface area (Å²) in [5, 5.41) is 14.9. The Morgan fingerprint density at radius 2 is 2.16 bits per heavy atom. The van der Waals surface area contributed by atoms with Gasteiger partial charge < -0.3 is 9.84 Å². The van der Waals surface area contributed by atoms with Crippen molar-refractivity contribution in [3.8, 4) is 5.75 Å². The number of aromatic amines is 1. The molecule has 0 aliphatic heterocycles. The van der Waals surface area contributed by atoms with E-state index in [-0.39, 0.29) is 10.6 Å². The largest absolute Gasteiger partial charge is 0.495 e. The highest BCUT2D eigenvalue weighted by molar-refractivity contribution is 7.92. The molecule has 8 heteroatoms. The van der Waals surface area contributed by atoms with Crippen molar-refractivity contribution in [2.24, 2.45) is 0 Å². The van der Waals surface area contributed by atoms with Crippen LogP contribution in [0.25, 0.3) is 0 Å². The van der Waals surface area contributed by atoms with Gasteiger partial charge in [0.25, 0.3) is 10.0 Å². The number of sulfonamides is 1. The highest BCUT2D eigenvalue weighted by Crippen LogP contribution is 2.26. The predicted molar refractivity (Wildman–Crippen MR) is 68.3 cm³/mol. The van der Waals surface area contributed by atoms with Crippen LogP contribution >= 0.6 is 0 Å². The molecule has 1 heterocycles. The molecule has 0 aliphatic carbocycles. The highest BCUT2D eigenvalue weighted by Gasteiger charge is 2.21. The van der Waals surface area contributed by atoms with E-state index in [4.69, 9.17) is 9.84 Å². The van der Waals surface area contributed by atoms with Gasteiger partial charge in [-0.15, -0.1) is 0 Å². The van der Waals surface area contributed by atoms with Gasteiger partial charge in [-0.05, 0) is 12.1 Å². The molecule has 0 saturated heterocycles. The fraction of sp³-hybridized carbons (Fsp3) is 0.182. The standard InChI is InChI=1S/C11H13N3O4S/c1-18-10-5-3-2-4-9(10)14-19(16,17)11-8(7-15)6-12-13-11/h2-6,14-15H,7H2,1H3,(H,12,13). The third-order valence-corrected chi connectivity index (χ3v) is 3.85. The molecule has 2 rings (SSSR count). The molecule has 102 valence electrons. The number of para-hydroxylation sites is 2. The Morgan fingerprint density at radius 1 is 1.42 bits per heavy atom. The van der Waals surface area contributed by atoms with E-state index in [1.54, 1.807) is 24.3 Å². The SMILES string of the molecule is COc1ccccc1NS(=O)(=O)c1[nH]ncc1CO. The summed E-state index contributed by atoms with van der Waals surface area (Å²) in [6.45, 7) is -0.418. The van der Waals surface area contributed by atoms with E-state index < -0.39 is 16.6 Å². The molecule has 3 N–H and O–H groups in total. The molecule has 0 radical (unpaired) electrons. The van der Waals surface area contributed by atoms with Crippen LogP contribution in [0.4, 0.5) is 5.69 Å². The number of aliphatic hydroxyl groups excluding tert-OH is 1. The zero-order chi connectivity index (χ0) is 13.9. The predicted octanol–water partition coefficient (Wildman–Crippen LogP) is 0.711. The number of benzene rings is 1. The second-order valence-electron chi connectivity index (χ2n) is 3.69. The maximum absolute atomic E-state index is 12.2. The van der Waals surface area contributed by atoms with Crippen molar-refractivity contribution in [2.45, 2.75) is 11.6 Å². The maximum Gasteiger partial charge on any atom is 0.279 e. The fourth-order valence-electron chi connectivity index (χ4n) is 1.57. The van der Waals surface area contributed by atoms with Crippen molar-refractivity contribution in [3.63, 3.8) is 0 Å². The van der Waals surface area contributed by atoms with Gasteiger partial charge in [0.05, 0.1) is 25.6 Å². The van der Waals surface area contributed by atoms with Crippen LogP contribution in [0.1, 0.15) is 5.56 Å². The Bertz CT molecular complexity index is 666. The molecule has 0 bridgehead atoms. The molecule has 1 aromatic carbocycles. The molecule has 0 amide bonds. The third kappa shape index (κ3) is 2.69. The first-order valence-electron chi connectivity index (χ1n) is 5.37. The number of rotatable bonds is 5. The van der Waals surface area contributed by atoms with Crippen molar-refractivity contribution >= 4 is 15.7 Å². The first-order chi connectivity index (χ1) is 9.08. The second-order valence-corrected chi connectivity index (χ2v) is 5.31. The Balaban J connectivity index is 2.37. The van der Waals surface area contributed by atoms with Crippen molar-refractivity contribution in [1.29, 1.82) is 0 Å². The number of hydrogen-bond donors (Lipinski definition) is 3. The van der Waals surface area contributed by atoms with E-state index in [1.165, 1.54) is 13.3 Å². The summed E-state index contributed by atoms with van der Waals surface area (Å²) < 4.78 is 31.8. The van der Waals surface area contributed by atoms with Crippen LogP contribution in [0.3, 0.4) is 0 Å². The van der Waals surface area contributed by atoms with E-state index in [9.17, 15) is 8.42 Å². The molecular weight excluding hydrogens is 270 g/mol. The summed E-state index contributed by atoms with van der Waals surface area (Å²) >= 11 is 0. The summed E-state index contributed by atoms with van der Waals surface area (Å²) in [6.07, 6.45) is 1.26. The van der Waals surface area contributed by atoms with Crippen molar-refractivity contribution in [3.05, 3.63) is 36.0 Å². The molecule has 0 atom stereocenters. The molecule has 0 spiro atoms. The number of aromatic nitrogens is 2. The van der Waals surface area contributed by atoms with Gasteiger partial charge in [-0.1, -0.05) is 12.1 Å². The van der Waals surface area contributed by atoms with Crippen molar-refractivity contribution < 1.29 is 18.3 Å². The van der Waals surface area contributed by atoms with Crippen LogP contribution in [-0.4, -0.2) is 30.8 Å². The molecule has 19 heavy (non-hydrogen) atoms. The van der Waals surface area contributed by atoms with E-state index in [1.807, 2.05) is 0 Å². The van der Waals surface area contributed by atoms with Crippen LogP contribution < -0.4 is 9.46 Å².